The standard InChI is InChI=1S/C27H24F4O/c1-3-5-6-18-7-9-19(10-8-18)22-15-13-20(24(28)26(22)30)11-12-21-14-16-23(32-17-4-2)27(31)25(21)29/h3-4,7-10,13-17H,1,5-6,11-12H2,2H3. The van der Waals surface area contributed by atoms with Gasteiger partial charge in [0.1, 0.15) is 0 Å². The molecule has 0 aliphatic rings. The Morgan fingerprint density at radius 3 is 2.00 bits per heavy atom. The van der Waals surface area contributed by atoms with Crippen molar-refractivity contribution < 1.29 is 22.3 Å². The molecule has 0 amide bonds. The zero-order valence-corrected chi connectivity index (χ0v) is 17.8. The van der Waals surface area contributed by atoms with Gasteiger partial charge in [0.2, 0.25) is 5.82 Å². The van der Waals surface area contributed by atoms with Crippen LogP contribution in [-0.2, 0) is 19.3 Å². The maximum absolute atomic E-state index is 14.7. The van der Waals surface area contributed by atoms with Crippen molar-refractivity contribution in [2.24, 2.45) is 0 Å². The summed E-state index contributed by atoms with van der Waals surface area (Å²) >= 11 is 0. The van der Waals surface area contributed by atoms with E-state index in [9.17, 15) is 17.6 Å². The van der Waals surface area contributed by atoms with Crippen molar-refractivity contribution in [1.29, 1.82) is 0 Å². The number of allylic oxidation sites excluding steroid dienone is 2. The lowest BCUT2D eigenvalue weighted by atomic mass is 9.97. The average molecular weight is 440 g/mol. The molecule has 0 spiro atoms. The van der Waals surface area contributed by atoms with Gasteiger partial charge in [-0.1, -0.05) is 54.6 Å². The molecule has 0 saturated heterocycles. The lowest BCUT2D eigenvalue weighted by Gasteiger charge is -2.11. The van der Waals surface area contributed by atoms with Crippen LogP contribution in [0, 0.1) is 23.3 Å². The molecular weight excluding hydrogens is 416 g/mol. The van der Waals surface area contributed by atoms with Crippen LogP contribution in [0.3, 0.4) is 0 Å². The summed E-state index contributed by atoms with van der Waals surface area (Å²) in [5.74, 6) is -4.34. The van der Waals surface area contributed by atoms with Crippen molar-refractivity contribution in [2.75, 3.05) is 0 Å². The van der Waals surface area contributed by atoms with E-state index < -0.39 is 23.3 Å². The molecule has 5 heteroatoms. The Kier molecular flexibility index (Phi) is 7.87. The Morgan fingerprint density at radius 1 is 0.750 bits per heavy atom. The summed E-state index contributed by atoms with van der Waals surface area (Å²) in [5, 5.41) is 0. The predicted octanol–water partition coefficient (Wildman–Crippen LogP) is 7.73. The summed E-state index contributed by atoms with van der Waals surface area (Å²) in [6.45, 7) is 5.37. The van der Waals surface area contributed by atoms with Gasteiger partial charge in [-0.3, -0.25) is 0 Å². The minimum Gasteiger partial charge on any atom is -0.462 e. The SMILES string of the molecule is C=CCCc1ccc(-c2ccc(CCc3ccc(OC=CC)c(F)c3F)c(F)c2F)cc1. The molecule has 0 aliphatic carbocycles. The van der Waals surface area contributed by atoms with Crippen LogP contribution in [-0.4, -0.2) is 0 Å². The molecule has 3 aromatic carbocycles. The topological polar surface area (TPSA) is 9.23 Å². The number of aryl methyl sites for hydroxylation is 3. The van der Waals surface area contributed by atoms with Crippen LogP contribution in [0.15, 0.2) is 73.5 Å². The van der Waals surface area contributed by atoms with Crippen molar-refractivity contribution in [1.82, 2.24) is 0 Å². The molecule has 3 rings (SSSR count). The van der Waals surface area contributed by atoms with Gasteiger partial charge in [0, 0.05) is 5.56 Å². The van der Waals surface area contributed by atoms with E-state index in [4.69, 9.17) is 4.74 Å². The van der Waals surface area contributed by atoms with Gasteiger partial charge in [0.25, 0.3) is 0 Å². The van der Waals surface area contributed by atoms with Gasteiger partial charge in [-0.15, -0.1) is 6.58 Å². The number of hydrogen-bond acceptors (Lipinski definition) is 1. The largest absolute Gasteiger partial charge is 0.462 e. The van der Waals surface area contributed by atoms with Crippen molar-refractivity contribution in [3.63, 3.8) is 0 Å². The second kappa shape index (κ2) is 10.8. The van der Waals surface area contributed by atoms with E-state index in [2.05, 4.69) is 6.58 Å². The van der Waals surface area contributed by atoms with Crippen LogP contribution in [0.5, 0.6) is 5.75 Å². The molecule has 1 nitrogen and oxygen atoms in total. The van der Waals surface area contributed by atoms with E-state index in [1.54, 1.807) is 25.1 Å². The Hall–Kier alpha value is -3.34. The van der Waals surface area contributed by atoms with Gasteiger partial charge >= 0.3 is 0 Å². The number of benzene rings is 3. The lowest BCUT2D eigenvalue weighted by Crippen LogP contribution is -2.03. The molecule has 166 valence electrons. The van der Waals surface area contributed by atoms with Crippen molar-refractivity contribution in [2.45, 2.75) is 32.6 Å². The Balaban J connectivity index is 1.76. The minimum absolute atomic E-state index is 0.0142. The number of halogens is 4. The Bertz CT molecular complexity index is 1120. The highest BCUT2D eigenvalue weighted by molar-refractivity contribution is 5.65. The van der Waals surface area contributed by atoms with E-state index in [1.807, 2.05) is 18.2 Å². The number of ether oxygens (including phenoxy) is 1. The first kappa shape index (κ1) is 23.3. The molecule has 0 bridgehead atoms. The Labute approximate surface area is 185 Å². The highest BCUT2D eigenvalue weighted by atomic mass is 19.2. The third kappa shape index (κ3) is 5.28. The van der Waals surface area contributed by atoms with Gasteiger partial charge in [-0.2, -0.15) is 4.39 Å². The van der Waals surface area contributed by atoms with E-state index in [1.165, 1.54) is 30.5 Å². The highest BCUT2D eigenvalue weighted by Gasteiger charge is 2.17. The molecular formula is C27H24F4O. The maximum Gasteiger partial charge on any atom is 0.201 e. The second-order valence-electron chi connectivity index (χ2n) is 7.36. The zero-order chi connectivity index (χ0) is 23.1. The first-order chi connectivity index (χ1) is 15.5. The van der Waals surface area contributed by atoms with Crippen LogP contribution in [0.4, 0.5) is 17.6 Å². The predicted molar refractivity (Wildman–Crippen MR) is 120 cm³/mol. The first-order valence-electron chi connectivity index (χ1n) is 10.4. The third-order valence-electron chi connectivity index (χ3n) is 5.19. The normalized spacial score (nSPS) is 11.2. The zero-order valence-electron chi connectivity index (χ0n) is 17.8. The summed E-state index contributed by atoms with van der Waals surface area (Å²) in [6.07, 6.45) is 6.32. The number of rotatable bonds is 9. The molecule has 0 atom stereocenters. The lowest BCUT2D eigenvalue weighted by molar-refractivity contribution is 0.411. The molecule has 0 radical (unpaired) electrons. The van der Waals surface area contributed by atoms with Crippen molar-refractivity contribution in [3.8, 4) is 16.9 Å². The van der Waals surface area contributed by atoms with Gasteiger partial charge in [0.15, 0.2) is 23.2 Å². The van der Waals surface area contributed by atoms with E-state index in [0.29, 0.717) is 5.56 Å². The monoisotopic (exact) mass is 440 g/mol. The number of hydrogen-bond donors (Lipinski definition) is 0. The van der Waals surface area contributed by atoms with Crippen LogP contribution in [0.25, 0.3) is 11.1 Å². The van der Waals surface area contributed by atoms with E-state index >= 15 is 0 Å². The smallest absolute Gasteiger partial charge is 0.201 e. The summed E-state index contributed by atoms with van der Waals surface area (Å²) in [7, 11) is 0. The second-order valence-corrected chi connectivity index (χ2v) is 7.36. The quantitative estimate of drug-likeness (QED) is 0.188. The molecule has 3 aromatic rings. The van der Waals surface area contributed by atoms with E-state index in [-0.39, 0.29) is 35.3 Å². The van der Waals surface area contributed by atoms with Gasteiger partial charge in [-0.05, 0) is 60.9 Å². The summed E-state index contributed by atoms with van der Waals surface area (Å²) < 4.78 is 62.9. The maximum atomic E-state index is 14.7. The average Bonchev–Trinajstić information content (AvgIpc) is 2.81. The summed E-state index contributed by atoms with van der Waals surface area (Å²) in [5.41, 5.74) is 1.98. The van der Waals surface area contributed by atoms with Crippen LogP contribution in [0.1, 0.15) is 30.0 Å². The molecule has 0 aromatic heterocycles. The van der Waals surface area contributed by atoms with Crippen molar-refractivity contribution >= 4 is 0 Å². The molecule has 0 N–H and O–H groups in total. The summed E-state index contributed by atoms with van der Waals surface area (Å²) in [6, 6.07) is 13.0. The fourth-order valence-electron chi connectivity index (χ4n) is 3.39. The molecule has 0 heterocycles. The molecule has 0 aliphatic heterocycles. The summed E-state index contributed by atoms with van der Waals surface area (Å²) in [4.78, 5) is 0. The molecule has 32 heavy (non-hydrogen) atoms. The molecule has 0 fully saturated rings. The van der Waals surface area contributed by atoms with Crippen LogP contribution >= 0.6 is 0 Å². The highest BCUT2D eigenvalue weighted by Crippen LogP contribution is 2.29. The third-order valence-corrected chi connectivity index (χ3v) is 5.19. The van der Waals surface area contributed by atoms with E-state index in [0.717, 1.165) is 18.4 Å². The van der Waals surface area contributed by atoms with Gasteiger partial charge < -0.3 is 4.74 Å². The van der Waals surface area contributed by atoms with Crippen molar-refractivity contribution in [3.05, 3.63) is 113 Å². The minimum atomic E-state index is -1.11. The fraction of sp³-hybridized carbons (Fsp3) is 0.185. The first-order valence-corrected chi connectivity index (χ1v) is 10.4. The fourth-order valence-corrected chi connectivity index (χ4v) is 3.39. The molecule has 0 saturated carbocycles. The molecule has 0 unspecified atom stereocenters. The van der Waals surface area contributed by atoms with Gasteiger partial charge in [-0.25, -0.2) is 13.2 Å². The van der Waals surface area contributed by atoms with Gasteiger partial charge in [0.05, 0.1) is 6.26 Å². The van der Waals surface area contributed by atoms with Crippen LogP contribution < -0.4 is 4.74 Å². The van der Waals surface area contributed by atoms with Crippen LogP contribution in [0.2, 0.25) is 0 Å². The Morgan fingerprint density at radius 2 is 1.38 bits per heavy atom.